The summed E-state index contributed by atoms with van der Waals surface area (Å²) in [7, 11) is 1.55. The highest BCUT2D eigenvalue weighted by Gasteiger charge is 2.13. The number of para-hydroxylation sites is 1. The molecule has 12 heteroatoms. The first kappa shape index (κ1) is 26.0. The number of rotatable bonds is 10. The number of carbonyl (C=O) groups excluding carboxylic acids is 1. The molecule has 0 saturated heterocycles. The molecule has 2 aromatic heterocycles. The fourth-order valence-electron chi connectivity index (χ4n) is 3.13. The van der Waals surface area contributed by atoms with Crippen LogP contribution in [0.4, 0.5) is 8.78 Å². The van der Waals surface area contributed by atoms with Crippen molar-refractivity contribution in [3.63, 3.8) is 0 Å². The van der Waals surface area contributed by atoms with Gasteiger partial charge in [0.25, 0.3) is 12.3 Å². The smallest absolute Gasteiger partial charge is 0.280 e. The Labute approximate surface area is 218 Å². The number of benzene rings is 2. The summed E-state index contributed by atoms with van der Waals surface area (Å²) < 4.78 is 33.4. The Morgan fingerprint density at radius 3 is 2.78 bits per heavy atom. The predicted octanol–water partition coefficient (Wildman–Crippen LogP) is 5.88. The SMILES string of the molecule is COc1ccc(/C=N/NC(=O)CSc2nc3ccccc3s2)cc1CSc1nc(C)cc(C(F)F)n1. The first-order valence-corrected chi connectivity index (χ1v) is 13.4. The molecule has 0 unspecified atom stereocenters. The standard InChI is InChI=1S/C24H21F2N5O2S3/c1-14-9-18(22(25)26)29-23(28-14)34-12-16-10-15(7-8-19(16)33-2)11-27-31-21(32)13-35-24-30-17-5-3-4-6-20(17)36-24/h3-11,22H,12-13H2,1-2H3,(H,31,32)/b27-11+. The lowest BCUT2D eigenvalue weighted by molar-refractivity contribution is -0.118. The Morgan fingerprint density at radius 1 is 1.17 bits per heavy atom. The van der Waals surface area contributed by atoms with Gasteiger partial charge in [0.15, 0.2) is 9.50 Å². The number of carbonyl (C=O) groups is 1. The zero-order chi connectivity index (χ0) is 25.5. The largest absolute Gasteiger partial charge is 0.496 e. The van der Waals surface area contributed by atoms with Gasteiger partial charge >= 0.3 is 0 Å². The number of hydrogen-bond donors (Lipinski definition) is 1. The van der Waals surface area contributed by atoms with Gasteiger partial charge in [-0.15, -0.1) is 11.3 Å². The number of alkyl halides is 2. The van der Waals surface area contributed by atoms with Crippen LogP contribution in [0.25, 0.3) is 10.2 Å². The number of hydrogen-bond acceptors (Lipinski definition) is 9. The van der Waals surface area contributed by atoms with Gasteiger partial charge in [0.2, 0.25) is 0 Å². The minimum atomic E-state index is -2.66. The van der Waals surface area contributed by atoms with E-state index in [0.29, 0.717) is 17.2 Å². The molecule has 2 aromatic carbocycles. The molecule has 0 aliphatic carbocycles. The van der Waals surface area contributed by atoms with E-state index >= 15 is 0 Å². The number of aromatic nitrogens is 3. The third-order valence-corrected chi connectivity index (χ3v) is 7.82. The lowest BCUT2D eigenvalue weighted by Crippen LogP contribution is -2.19. The van der Waals surface area contributed by atoms with Gasteiger partial charge in [0, 0.05) is 17.0 Å². The molecule has 1 N–H and O–H groups in total. The Balaban J connectivity index is 1.34. The lowest BCUT2D eigenvalue weighted by atomic mass is 10.1. The molecule has 0 saturated carbocycles. The van der Waals surface area contributed by atoms with Gasteiger partial charge in [0.1, 0.15) is 11.4 Å². The first-order chi connectivity index (χ1) is 17.4. The third-order valence-electron chi connectivity index (χ3n) is 4.74. The van der Waals surface area contributed by atoms with Gasteiger partial charge in [-0.2, -0.15) is 5.10 Å². The molecule has 1 amide bonds. The second-order valence-electron chi connectivity index (χ2n) is 7.41. The van der Waals surface area contributed by atoms with Crippen molar-refractivity contribution >= 4 is 57.2 Å². The van der Waals surface area contributed by atoms with Gasteiger partial charge < -0.3 is 4.74 Å². The van der Waals surface area contributed by atoms with E-state index < -0.39 is 6.43 Å². The van der Waals surface area contributed by atoms with E-state index in [1.807, 2.05) is 30.3 Å². The molecule has 0 bridgehead atoms. The summed E-state index contributed by atoms with van der Waals surface area (Å²) in [6.07, 6.45) is -1.12. The van der Waals surface area contributed by atoms with Gasteiger partial charge in [-0.05, 0) is 48.9 Å². The van der Waals surface area contributed by atoms with Crippen molar-refractivity contribution in [2.75, 3.05) is 12.9 Å². The van der Waals surface area contributed by atoms with E-state index in [1.165, 1.54) is 35.8 Å². The molecule has 186 valence electrons. The highest BCUT2D eigenvalue weighted by atomic mass is 32.2. The highest BCUT2D eigenvalue weighted by Crippen LogP contribution is 2.30. The summed E-state index contributed by atoms with van der Waals surface area (Å²) in [6.45, 7) is 1.65. The van der Waals surface area contributed by atoms with E-state index in [4.69, 9.17) is 4.74 Å². The Morgan fingerprint density at radius 2 is 2.00 bits per heavy atom. The lowest BCUT2D eigenvalue weighted by Gasteiger charge is -2.10. The van der Waals surface area contributed by atoms with Crippen LogP contribution in [0, 0.1) is 6.92 Å². The average Bonchev–Trinajstić information content (AvgIpc) is 3.29. The van der Waals surface area contributed by atoms with Crippen LogP contribution in [0.3, 0.4) is 0 Å². The fraction of sp³-hybridized carbons (Fsp3) is 0.208. The topological polar surface area (TPSA) is 89.4 Å². The number of methoxy groups -OCH3 is 1. The number of ether oxygens (including phenoxy) is 1. The van der Waals surface area contributed by atoms with Crippen molar-refractivity contribution in [3.8, 4) is 5.75 Å². The number of thiazole rings is 1. The van der Waals surface area contributed by atoms with E-state index in [2.05, 4.69) is 25.5 Å². The van der Waals surface area contributed by atoms with Crippen LogP contribution in [0.2, 0.25) is 0 Å². The molecule has 0 atom stereocenters. The van der Waals surface area contributed by atoms with Crippen LogP contribution < -0.4 is 10.2 Å². The van der Waals surface area contributed by atoms with Crippen LogP contribution >= 0.6 is 34.9 Å². The fourth-order valence-corrected chi connectivity index (χ4v) is 5.88. The monoisotopic (exact) mass is 545 g/mol. The zero-order valence-electron chi connectivity index (χ0n) is 19.3. The maximum Gasteiger partial charge on any atom is 0.280 e. The van der Waals surface area contributed by atoms with Crippen molar-refractivity contribution in [1.82, 2.24) is 20.4 Å². The van der Waals surface area contributed by atoms with Crippen LogP contribution in [0.5, 0.6) is 5.75 Å². The van der Waals surface area contributed by atoms with Crippen LogP contribution in [-0.2, 0) is 10.5 Å². The third kappa shape index (κ3) is 6.99. The number of nitrogens with one attached hydrogen (secondary N) is 1. The van der Waals surface area contributed by atoms with E-state index in [1.54, 1.807) is 37.5 Å². The van der Waals surface area contributed by atoms with Gasteiger partial charge in [-0.25, -0.2) is 29.2 Å². The normalized spacial score (nSPS) is 11.5. The molecular formula is C24H21F2N5O2S3. The minimum absolute atomic E-state index is 0.193. The number of aryl methyl sites for hydroxylation is 1. The Bertz CT molecular complexity index is 1360. The van der Waals surface area contributed by atoms with E-state index in [9.17, 15) is 13.6 Å². The number of halogens is 2. The Hall–Kier alpha value is -3.09. The predicted molar refractivity (Wildman–Crippen MR) is 140 cm³/mol. The number of amides is 1. The molecular weight excluding hydrogens is 524 g/mol. The summed E-state index contributed by atoms with van der Waals surface area (Å²) >= 11 is 4.14. The van der Waals surface area contributed by atoms with Crippen LogP contribution in [0.15, 0.2) is 63.1 Å². The maximum atomic E-state index is 13.0. The van der Waals surface area contributed by atoms with Crippen molar-refractivity contribution in [1.29, 1.82) is 0 Å². The zero-order valence-corrected chi connectivity index (χ0v) is 21.7. The van der Waals surface area contributed by atoms with Crippen molar-refractivity contribution < 1.29 is 18.3 Å². The van der Waals surface area contributed by atoms with Gasteiger partial charge in [0.05, 0.1) is 29.3 Å². The Kier molecular flexibility index (Phi) is 8.83. The average molecular weight is 546 g/mol. The molecule has 0 fully saturated rings. The van der Waals surface area contributed by atoms with Crippen molar-refractivity contribution in [2.24, 2.45) is 5.10 Å². The molecule has 4 aromatic rings. The van der Waals surface area contributed by atoms with Crippen LogP contribution in [0.1, 0.15) is 28.9 Å². The van der Waals surface area contributed by atoms with Gasteiger partial charge in [-0.1, -0.05) is 35.7 Å². The van der Waals surface area contributed by atoms with Crippen LogP contribution in [-0.4, -0.2) is 39.9 Å². The number of thioether (sulfide) groups is 2. The summed E-state index contributed by atoms with van der Waals surface area (Å²) in [4.78, 5) is 24.8. The van der Waals surface area contributed by atoms with Crippen molar-refractivity contribution in [2.45, 2.75) is 28.6 Å². The quantitative estimate of drug-likeness (QED) is 0.115. The summed E-state index contributed by atoms with van der Waals surface area (Å²) in [5.41, 5.74) is 5.18. The highest BCUT2D eigenvalue weighted by molar-refractivity contribution is 8.01. The van der Waals surface area contributed by atoms with Gasteiger partial charge in [-0.3, -0.25) is 4.79 Å². The summed E-state index contributed by atoms with van der Waals surface area (Å²) in [5.74, 6) is 0.991. The van der Waals surface area contributed by atoms with E-state index in [0.717, 1.165) is 25.7 Å². The molecule has 0 aliphatic rings. The second-order valence-corrected chi connectivity index (χ2v) is 10.6. The number of hydrazone groups is 1. The first-order valence-electron chi connectivity index (χ1n) is 10.6. The maximum absolute atomic E-state index is 13.0. The number of nitrogens with zero attached hydrogens (tertiary/aromatic N) is 4. The molecule has 0 aliphatic heterocycles. The molecule has 0 radical (unpaired) electrons. The van der Waals surface area contributed by atoms with E-state index in [-0.39, 0.29) is 22.5 Å². The second kappa shape index (κ2) is 12.2. The number of fused-ring (bicyclic) bond motifs is 1. The van der Waals surface area contributed by atoms with Crippen molar-refractivity contribution in [3.05, 3.63) is 71.0 Å². The summed E-state index contributed by atoms with van der Waals surface area (Å²) in [6, 6.07) is 14.5. The molecule has 4 rings (SSSR count). The molecule has 0 spiro atoms. The molecule has 36 heavy (non-hydrogen) atoms. The minimum Gasteiger partial charge on any atom is -0.496 e. The molecule has 2 heterocycles. The summed E-state index contributed by atoms with van der Waals surface area (Å²) in [5, 5.41) is 4.31. The molecule has 7 nitrogen and oxygen atoms in total.